The SMILES string of the molecule is CCCCC#C[C@]1(O)CC[C@H]2[C@@H]3CCc4cc(C)ccc4[C@H]3CC[C@@]21C.CCCCC#C[C@]1(O)CC[C@H]2[C@@H]3CCc4cc(C)ccc4[C@H]3CC[C@@]21C. The molecule has 2 aromatic carbocycles. The highest BCUT2D eigenvalue weighted by Crippen LogP contribution is 2.65. The molecule has 2 heteroatoms. The molecule has 0 spiro atoms. The van der Waals surface area contributed by atoms with E-state index in [1.807, 2.05) is 0 Å². The molecule has 0 heterocycles. The van der Waals surface area contributed by atoms with Crippen LogP contribution in [0.25, 0.3) is 0 Å². The van der Waals surface area contributed by atoms with Crippen LogP contribution in [0.2, 0.25) is 0 Å². The third kappa shape index (κ3) is 6.51. The summed E-state index contributed by atoms with van der Waals surface area (Å²) >= 11 is 0. The second-order valence-electron chi connectivity index (χ2n) is 18.8. The van der Waals surface area contributed by atoms with Crippen molar-refractivity contribution in [2.75, 3.05) is 0 Å². The van der Waals surface area contributed by atoms with Crippen LogP contribution < -0.4 is 0 Å². The summed E-state index contributed by atoms with van der Waals surface area (Å²) in [4.78, 5) is 0. The molecule has 0 radical (unpaired) electrons. The molecule has 2 nitrogen and oxygen atoms in total. The summed E-state index contributed by atoms with van der Waals surface area (Å²) in [6, 6.07) is 14.2. The van der Waals surface area contributed by atoms with Crippen LogP contribution in [-0.2, 0) is 12.8 Å². The van der Waals surface area contributed by atoms with Gasteiger partial charge < -0.3 is 10.2 Å². The van der Waals surface area contributed by atoms with E-state index in [1.54, 1.807) is 22.3 Å². The third-order valence-electron chi connectivity index (χ3n) is 16.0. The average molecular weight is 701 g/mol. The fourth-order valence-corrected chi connectivity index (χ4v) is 12.8. The molecular weight excluding hydrogens is 633 g/mol. The smallest absolute Gasteiger partial charge is 0.131 e. The largest absolute Gasteiger partial charge is 0.377 e. The minimum absolute atomic E-state index is 0.0183. The van der Waals surface area contributed by atoms with E-state index in [1.165, 1.54) is 62.5 Å². The molecule has 0 unspecified atom stereocenters. The maximum Gasteiger partial charge on any atom is 0.131 e. The summed E-state index contributed by atoms with van der Waals surface area (Å²) in [6.45, 7) is 13.5. The molecule has 0 aliphatic heterocycles. The van der Waals surface area contributed by atoms with Gasteiger partial charge in [-0.15, -0.1) is 11.8 Å². The molecule has 0 saturated heterocycles. The minimum Gasteiger partial charge on any atom is -0.377 e. The van der Waals surface area contributed by atoms with E-state index in [9.17, 15) is 10.2 Å². The Morgan fingerprint density at radius 1 is 0.596 bits per heavy atom. The van der Waals surface area contributed by atoms with Gasteiger partial charge in [-0.05, 0) is 162 Å². The van der Waals surface area contributed by atoms with E-state index < -0.39 is 11.2 Å². The maximum atomic E-state index is 11.5. The zero-order valence-corrected chi connectivity index (χ0v) is 33.6. The van der Waals surface area contributed by atoms with E-state index in [4.69, 9.17) is 0 Å². The molecule has 52 heavy (non-hydrogen) atoms. The maximum absolute atomic E-state index is 11.5. The van der Waals surface area contributed by atoms with Gasteiger partial charge in [0.1, 0.15) is 11.2 Å². The van der Waals surface area contributed by atoms with Gasteiger partial charge >= 0.3 is 0 Å². The van der Waals surface area contributed by atoms with Gasteiger partial charge in [-0.25, -0.2) is 0 Å². The van der Waals surface area contributed by atoms with Gasteiger partial charge in [-0.2, -0.15) is 0 Å². The number of benzene rings is 2. The lowest BCUT2D eigenvalue weighted by Crippen LogP contribution is -2.50. The minimum atomic E-state index is -0.760. The van der Waals surface area contributed by atoms with Gasteiger partial charge in [0.05, 0.1) is 0 Å². The molecule has 0 bridgehead atoms. The van der Waals surface area contributed by atoms with Gasteiger partial charge in [0.25, 0.3) is 0 Å². The first-order chi connectivity index (χ1) is 25.0. The highest BCUT2D eigenvalue weighted by Gasteiger charge is 2.62. The number of hydrogen-bond acceptors (Lipinski definition) is 2. The highest BCUT2D eigenvalue weighted by atomic mass is 16.3. The van der Waals surface area contributed by atoms with Gasteiger partial charge in [0, 0.05) is 23.7 Å². The summed E-state index contributed by atoms with van der Waals surface area (Å²) in [6.07, 6.45) is 20.2. The Morgan fingerprint density at radius 3 is 1.42 bits per heavy atom. The number of aliphatic hydroxyl groups is 2. The second-order valence-corrected chi connectivity index (χ2v) is 18.8. The average Bonchev–Trinajstić information content (AvgIpc) is 3.56. The van der Waals surface area contributed by atoms with Crippen molar-refractivity contribution in [2.45, 2.75) is 180 Å². The molecule has 2 aromatic rings. The zero-order chi connectivity index (χ0) is 36.7. The van der Waals surface area contributed by atoms with Crippen molar-refractivity contribution in [1.29, 1.82) is 0 Å². The van der Waals surface area contributed by atoms with E-state index in [0.29, 0.717) is 23.7 Å². The summed E-state index contributed by atoms with van der Waals surface area (Å²) in [5.41, 5.74) is 7.61. The van der Waals surface area contributed by atoms with Crippen LogP contribution in [0.15, 0.2) is 36.4 Å². The topological polar surface area (TPSA) is 40.5 Å². The predicted octanol–water partition coefficient (Wildman–Crippen LogP) is 11.6. The van der Waals surface area contributed by atoms with Crippen molar-refractivity contribution in [1.82, 2.24) is 0 Å². The van der Waals surface area contributed by atoms with Crippen LogP contribution in [0.5, 0.6) is 0 Å². The van der Waals surface area contributed by atoms with E-state index >= 15 is 0 Å². The Labute approximate surface area is 317 Å². The quantitative estimate of drug-likeness (QED) is 0.246. The van der Waals surface area contributed by atoms with Gasteiger partial charge in [-0.3, -0.25) is 0 Å². The number of unbranched alkanes of at least 4 members (excludes halogenated alkanes) is 4. The van der Waals surface area contributed by atoms with Crippen molar-refractivity contribution in [2.24, 2.45) is 34.5 Å². The Balaban J connectivity index is 0.000000162. The number of rotatable bonds is 4. The number of fused-ring (bicyclic) bond motifs is 10. The molecule has 0 aromatic heterocycles. The van der Waals surface area contributed by atoms with E-state index in [0.717, 1.165) is 76.0 Å². The van der Waals surface area contributed by atoms with Crippen LogP contribution in [0, 0.1) is 72.0 Å². The first-order valence-electron chi connectivity index (χ1n) is 21.6. The lowest BCUT2D eigenvalue weighted by atomic mass is 9.53. The Bertz CT molecular complexity index is 1600. The van der Waals surface area contributed by atoms with Crippen molar-refractivity contribution >= 4 is 0 Å². The molecular formula is C50H68O2. The number of hydrogen-bond donors (Lipinski definition) is 2. The standard InChI is InChI=1S/2C25H34O/c2*1-4-5-6-7-14-25(26)16-13-23-22-11-9-19-17-18(2)8-10-20(19)21(22)12-15-24(23,25)3/h2*8,10,17,21-23,26H,4-6,9,11-13,15-16H2,1-3H3/t2*21-,22-,23+,24+,25+/m11/s1. The van der Waals surface area contributed by atoms with E-state index in [2.05, 4.69) is 102 Å². The molecule has 0 amide bonds. The molecule has 2 N–H and O–H groups in total. The molecule has 8 rings (SSSR count). The third-order valence-corrected chi connectivity index (χ3v) is 16.0. The fraction of sp³-hybridized carbons (Fsp3) is 0.680. The van der Waals surface area contributed by atoms with Crippen LogP contribution in [0.1, 0.15) is 176 Å². The van der Waals surface area contributed by atoms with Crippen LogP contribution >= 0.6 is 0 Å². The van der Waals surface area contributed by atoms with Crippen LogP contribution in [-0.4, -0.2) is 21.4 Å². The first kappa shape index (κ1) is 37.8. The summed E-state index contributed by atoms with van der Waals surface area (Å²) < 4.78 is 0. The zero-order valence-electron chi connectivity index (χ0n) is 33.6. The highest BCUT2D eigenvalue weighted by molar-refractivity contribution is 5.40. The van der Waals surface area contributed by atoms with Crippen molar-refractivity contribution in [3.8, 4) is 23.7 Å². The van der Waals surface area contributed by atoms with Gasteiger partial charge in [0.2, 0.25) is 0 Å². The normalized spacial score (nSPS) is 37.9. The molecule has 4 fully saturated rings. The first-order valence-corrected chi connectivity index (χ1v) is 21.6. The second kappa shape index (κ2) is 15.0. The fourth-order valence-electron chi connectivity index (χ4n) is 12.8. The summed E-state index contributed by atoms with van der Waals surface area (Å²) in [5.74, 6) is 17.5. The van der Waals surface area contributed by atoms with Crippen molar-refractivity contribution < 1.29 is 10.2 Å². The van der Waals surface area contributed by atoms with Crippen molar-refractivity contribution in [3.05, 3.63) is 69.8 Å². The predicted molar refractivity (Wildman–Crippen MR) is 216 cm³/mol. The van der Waals surface area contributed by atoms with Gasteiger partial charge in [-0.1, -0.05) is 99.9 Å². The Hall–Kier alpha value is -2.52. The number of aryl methyl sites for hydroxylation is 4. The van der Waals surface area contributed by atoms with Crippen LogP contribution in [0.4, 0.5) is 0 Å². The molecule has 6 aliphatic carbocycles. The van der Waals surface area contributed by atoms with E-state index in [-0.39, 0.29) is 10.8 Å². The van der Waals surface area contributed by atoms with Crippen molar-refractivity contribution in [3.63, 3.8) is 0 Å². The summed E-state index contributed by atoms with van der Waals surface area (Å²) in [7, 11) is 0. The van der Waals surface area contributed by atoms with Crippen LogP contribution in [0.3, 0.4) is 0 Å². The monoisotopic (exact) mass is 701 g/mol. The van der Waals surface area contributed by atoms with Gasteiger partial charge in [0.15, 0.2) is 0 Å². The lowest BCUT2D eigenvalue weighted by molar-refractivity contribution is -0.0649. The Morgan fingerprint density at radius 2 is 1.02 bits per heavy atom. The molecule has 10 atom stereocenters. The lowest BCUT2D eigenvalue weighted by Gasteiger charge is -2.52. The molecule has 280 valence electrons. The molecule has 6 aliphatic rings. The Kier molecular flexibility index (Phi) is 10.9. The molecule has 4 saturated carbocycles. The summed E-state index contributed by atoms with van der Waals surface area (Å²) in [5, 5.41) is 23.0.